The van der Waals surface area contributed by atoms with Gasteiger partial charge in [-0.3, -0.25) is 28.9 Å². The molecule has 4 heterocycles. The number of carboxylic acid groups (broad SMARTS) is 2. The maximum atomic E-state index is 13.0. The second-order valence-electron chi connectivity index (χ2n) is 12.3. The first-order chi connectivity index (χ1) is 25.6. The van der Waals surface area contributed by atoms with Crippen LogP contribution in [0, 0.1) is 5.92 Å². The molecule has 1 aromatic carbocycles. The average molecular weight is 763 g/mol. The number of carbonyl (C=O) groups is 7. The minimum Gasteiger partial charge on any atom is -0.550 e. The molecule has 0 saturated carbocycles. The summed E-state index contributed by atoms with van der Waals surface area (Å²) in [5.41, 5.74) is 13.4. The first-order valence-corrected chi connectivity index (χ1v) is 17.3. The predicted octanol–water partition coefficient (Wildman–Crippen LogP) is -2.98. The molecule has 1 fully saturated rings. The fourth-order valence-corrected chi connectivity index (χ4v) is 7.04. The molecule has 5 rings (SSSR count). The van der Waals surface area contributed by atoms with E-state index in [0.29, 0.717) is 23.4 Å². The molecular formula is C33H34N10O10S-2. The minimum absolute atomic E-state index is 0.0166. The summed E-state index contributed by atoms with van der Waals surface area (Å²) in [4.78, 5) is 105. The van der Waals surface area contributed by atoms with E-state index in [1.54, 1.807) is 31.3 Å². The van der Waals surface area contributed by atoms with Gasteiger partial charge in [-0.05, 0) is 30.7 Å². The summed E-state index contributed by atoms with van der Waals surface area (Å²) in [6, 6.07) is 5.36. The first kappa shape index (κ1) is 38.8. The van der Waals surface area contributed by atoms with Crippen LogP contribution in [0.1, 0.15) is 42.2 Å². The van der Waals surface area contributed by atoms with Crippen molar-refractivity contribution in [1.29, 1.82) is 0 Å². The minimum atomic E-state index is -1.63. The van der Waals surface area contributed by atoms with E-state index >= 15 is 0 Å². The number of carboxylic acids is 2. The number of hydrogen-bond donors (Lipinski definition) is 4. The van der Waals surface area contributed by atoms with Gasteiger partial charge in [0, 0.05) is 61.3 Å². The number of amides is 3. The van der Waals surface area contributed by atoms with Gasteiger partial charge >= 0.3 is 5.97 Å². The second kappa shape index (κ2) is 16.5. The third-order valence-electron chi connectivity index (χ3n) is 8.47. The molecular weight excluding hydrogens is 728 g/mol. The lowest BCUT2D eigenvalue weighted by molar-refractivity contribution is -0.311. The van der Waals surface area contributed by atoms with E-state index in [-0.39, 0.29) is 53.8 Å². The zero-order chi connectivity index (χ0) is 39.3. The Hall–Kier alpha value is -6.38. The monoisotopic (exact) mass is 762 g/mol. The number of hydrogen-bond acceptors (Lipinski definition) is 18. The van der Waals surface area contributed by atoms with Crippen LogP contribution in [0.2, 0.25) is 0 Å². The standard InChI is InChI=1S/C33H36N10O10S/c1-15(44)53-13-18-14-54-30-25(29(48)43(30)26(18)32(51)52)39-23(47)11-36-22(46)8-5-17(31(49)50)9-21(45)16-3-6-20(7-4-16)42(2)12-19-10-37-28-24(38-19)27(34)40-33(35)41-28/h3-4,6-7,10,17,25,30H,5,8-9,11-14H2,1-2H3,(H,36,46)(H,39,47)(H,49,50)(H,51,52)(H4,34,35,37,40,41)/p-2/t17-,25-,30-/m1/s1. The lowest BCUT2D eigenvalue weighted by Gasteiger charge is -2.50. The Kier molecular flexibility index (Phi) is 11.9. The summed E-state index contributed by atoms with van der Waals surface area (Å²) in [6.07, 6.45) is 0.502. The van der Waals surface area contributed by atoms with Crippen molar-refractivity contribution in [3.8, 4) is 0 Å². The summed E-state index contributed by atoms with van der Waals surface area (Å²) < 4.78 is 4.86. The van der Waals surface area contributed by atoms with Crippen molar-refractivity contribution in [3.63, 3.8) is 0 Å². The number of esters is 1. The molecule has 2 aromatic heterocycles. The van der Waals surface area contributed by atoms with Crippen molar-refractivity contribution in [2.75, 3.05) is 42.3 Å². The van der Waals surface area contributed by atoms with Gasteiger partial charge in [0.1, 0.15) is 18.0 Å². The summed E-state index contributed by atoms with van der Waals surface area (Å²) in [5, 5.41) is 27.6. The molecule has 284 valence electrons. The Balaban J connectivity index is 1.07. The lowest BCUT2D eigenvalue weighted by Crippen LogP contribution is -2.71. The van der Waals surface area contributed by atoms with E-state index in [2.05, 4.69) is 30.6 Å². The Morgan fingerprint density at radius 1 is 1.07 bits per heavy atom. The predicted molar refractivity (Wildman–Crippen MR) is 186 cm³/mol. The second-order valence-corrected chi connectivity index (χ2v) is 13.4. The van der Waals surface area contributed by atoms with Crippen LogP contribution in [0.15, 0.2) is 41.7 Å². The summed E-state index contributed by atoms with van der Waals surface area (Å²) in [5.74, 6) is -7.53. The number of β-lactam (4-membered cyclic amide) rings is 1. The molecule has 20 nitrogen and oxygen atoms in total. The fourth-order valence-electron chi connectivity index (χ4n) is 5.71. The molecule has 3 aromatic rings. The highest BCUT2D eigenvalue weighted by molar-refractivity contribution is 8.00. The topological polar surface area (TPSA) is 309 Å². The highest BCUT2D eigenvalue weighted by Crippen LogP contribution is 2.40. The number of ether oxygens (including phenoxy) is 1. The van der Waals surface area contributed by atoms with Gasteiger partial charge in [-0.2, -0.15) is 9.97 Å². The maximum Gasteiger partial charge on any atom is 0.302 e. The number of nitrogens with one attached hydrogen (secondary N) is 2. The largest absolute Gasteiger partial charge is 0.550 e. The van der Waals surface area contributed by atoms with E-state index in [9.17, 15) is 43.8 Å². The average Bonchev–Trinajstić information content (AvgIpc) is 3.13. The number of nitrogens with two attached hydrogens (primary N) is 2. The Labute approximate surface area is 310 Å². The van der Waals surface area contributed by atoms with Gasteiger partial charge in [0.05, 0.1) is 36.6 Å². The number of Topliss-reactive ketones (excluding diaryl/α,β-unsaturated/α-hetero) is 1. The van der Waals surface area contributed by atoms with Gasteiger partial charge < -0.3 is 51.5 Å². The van der Waals surface area contributed by atoms with Crippen molar-refractivity contribution in [1.82, 2.24) is 35.5 Å². The Bertz CT molecular complexity index is 2060. The third kappa shape index (κ3) is 8.97. The summed E-state index contributed by atoms with van der Waals surface area (Å²) in [6.45, 7) is 0.582. The van der Waals surface area contributed by atoms with Crippen molar-refractivity contribution >= 4 is 81.8 Å². The summed E-state index contributed by atoms with van der Waals surface area (Å²) >= 11 is 1.15. The Morgan fingerprint density at radius 2 is 1.80 bits per heavy atom. The van der Waals surface area contributed by atoms with Crippen molar-refractivity contribution in [2.45, 2.75) is 44.1 Å². The molecule has 2 aliphatic rings. The number of nitrogens with zero attached hydrogens (tertiary/aromatic N) is 6. The third-order valence-corrected chi connectivity index (χ3v) is 9.81. The molecule has 6 N–H and O–H groups in total. The van der Waals surface area contributed by atoms with Crippen LogP contribution in [-0.2, 0) is 40.0 Å². The molecule has 54 heavy (non-hydrogen) atoms. The molecule has 1 saturated heterocycles. The van der Waals surface area contributed by atoms with Gasteiger partial charge in [0.2, 0.25) is 17.8 Å². The fraction of sp³-hybridized carbons (Fsp3) is 0.364. The molecule has 0 unspecified atom stereocenters. The van der Waals surface area contributed by atoms with Crippen LogP contribution in [0.4, 0.5) is 17.5 Å². The zero-order valence-corrected chi connectivity index (χ0v) is 29.7. The van der Waals surface area contributed by atoms with Crippen molar-refractivity contribution in [3.05, 3.63) is 53.0 Å². The van der Waals surface area contributed by atoms with Gasteiger partial charge in [0.15, 0.2) is 22.8 Å². The summed E-state index contributed by atoms with van der Waals surface area (Å²) in [7, 11) is 1.79. The SMILES string of the molecule is CC(=O)OCC1=C(C(=O)[O-])N2C(=O)[C@@H](NC(=O)CNC(=O)CC[C@H](CC(=O)c3ccc(N(C)Cc4cnc5nc(N)nc(N)c5n4)cc3)C(=O)[O-])[C@H]2SC1. The number of aliphatic carboxylic acids is 2. The van der Waals surface area contributed by atoms with E-state index in [4.69, 9.17) is 16.2 Å². The van der Waals surface area contributed by atoms with Crippen molar-refractivity contribution in [2.24, 2.45) is 5.92 Å². The number of carbonyl (C=O) groups excluding carboxylic acids is 7. The highest BCUT2D eigenvalue weighted by Gasteiger charge is 2.52. The number of benzene rings is 1. The van der Waals surface area contributed by atoms with Crippen molar-refractivity contribution < 1.29 is 48.5 Å². The van der Waals surface area contributed by atoms with Crippen LogP contribution in [0.3, 0.4) is 0 Å². The van der Waals surface area contributed by atoms with Crippen LogP contribution < -0.4 is 37.2 Å². The van der Waals surface area contributed by atoms with Crippen LogP contribution in [0.25, 0.3) is 11.2 Å². The number of thioether (sulfide) groups is 1. The van der Waals surface area contributed by atoms with Crippen LogP contribution in [0.5, 0.6) is 0 Å². The number of rotatable bonds is 16. The van der Waals surface area contributed by atoms with Crippen LogP contribution >= 0.6 is 11.8 Å². The normalized spacial score (nSPS) is 16.9. The van der Waals surface area contributed by atoms with E-state index in [1.807, 2.05) is 4.90 Å². The highest BCUT2D eigenvalue weighted by atomic mass is 32.2. The molecule has 3 atom stereocenters. The van der Waals surface area contributed by atoms with E-state index < -0.39 is 77.4 Å². The van der Waals surface area contributed by atoms with Gasteiger partial charge in [-0.15, -0.1) is 11.8 Å². The smallest absolute Gasteiger partial charge is 0.302 e. The Morgan fingerprint density at radius 3 is 2.46 bits per heavy atom. The number of ketones is 1. The number of nitrogen functional groups attached to an aromatic ring is 2. The van der Waals surface area contributed by atoms with E-state index in [1.165, 1.54) is 6.20 Å². The number of anilines is 3. The molecule has 2 aliphatic heterocycles. The molecule has 0 aliphatic carbocycles. The zero-order valence-electron chi connectivity index (χ0n) is 28.9. The van der Waals surface area contributed by atoms with E-state index in [0.717, 1.165) is 23.6 Å². The molecule has 0 spiro atoms. The lowest BCUT2D eigenvalue weighted by atomic mass is 9.94. The molecule has 0 radical (unpaired) electrons. The molecule has 21 heteroatoms. The maximum absolute atomic E-state index is 13.0. The van der Waals surface area contributed by atoms with Gasteiger partial charge in [0.25, 0.3) is 5.91 Å². The van der Waals surface area contributed by atoms with Gasteiger partial charge in [-0.25, -0.2) is 9.97 Å². The van der Waals surface area contributed by atoms with Crippen LogP contribution in [-0.4, -0.2) is 104 Å². The number of fused-ring (bicyclic) bond motifs is 2. The first-order valence-electron chi connectivity index (χ1n) is 16.3. The number of aromatic nitrogens is 4. The molecule has 0 bridgehead atoms. The molecule has 3 amide bonds. The van der Waals surface area contributed by atoms with Gasteiger partial charge in [-0.1, -0.05) is 0 Å². The quantitative estimate of drug-likeness (QED) is 0.0643.